The maximum atomic E-state index is 3.66. The van der Waals surface area contributed by atoms with Crippen molar-refractivity contribution in [1.82, 2.24) is 4.90 Å². The molecule has 2 heteroatoms. The SMILES string of the molecule is CCN(CC1CCC1)CC1(CBr)CC1. The van der Waals surface area contributed by atoms with Gasteiger partial charge in [0.15, 0.2) is 0 Å². The molecule has 2 saturated carbocycles. The van der Waals surface area contributed by atoms with Gasteiger partial charge in [0.1, 0.15) is 0 Å². The van der Waals surface area contributed by atoms with E-state index < -0.39 is 0 Å². The van der Waals surface area contributed by atoms with Crippen LogP contribution < -0.4 is 0 Å². The second kappa shape index (κ2) is 4.52. The Morgan fingerprint density at radius 2 is 2.07 bits per heavy atom. The van der Waals surface area contributed by atoms with Crippen LogP contribution in [0.4, 0.5) is 0 Å². The largest absolute Gasteiger partial charge is 0.303 e. The standard InChI is InChI=1S/C12H22BrN/c1-2-14(8-11-4-3-5-11)10-12(9-13)6-7-12/h11H,2-10H2,1H3. The molecule has 1 nitrogen and oxygen atoms in total. The summed E-state index contributed by atoms with van der Waals surface area (Å²) in [5.74, 6) is 1.03. The first-order valence-corrected chi connectivity index (χ1v) is 7.18. The van der Waals surface area contributed by atoms with E-state index in [1.807, 2.05) is 0 Å². The van der Waals surface area contributed by atoms with E-state index in [1.54, 1.807) is 0 Å². The predicted molar refractivity (Wildman–Crippen MR) is 64.9 cm³/mol. The lowest BCUT2D eigenvalue weighted by molar-refractivity contribution is 0.163. The molecule has 0 unspecified atom stereocenters. The first kappa shape index (κ1) is 10.9. The highest BCUT2D eigenvalue weighted by atomic mass is 79.9. The average Bonchev–Trinajstić information content (AvgIpc) is 2.90. The molecular weight excluding hydrogens is 238 g/mol. The molecule has 2 aliphatic carbocycles. The highest BCUT2D eigenvalue weighted by Gasteiger charge is 2.42. The molecule has 2 rings (SSSR count). The number of hydrogen-bond acceptors (Lipinski definition) is 1. The smallest absolute Gasteiger partial charge is 0.0100 e. The lowest BCUT2D eigenvalue weighted by atomic mass is 9.85. The van der Waals surface area contributed by atoms with Crippen molar-refractivity contribution in [3.63, 3.8) is 0 Å². The summed E-state index contributed by atoms with van der Waals surface area (Å²) in [7, 11) is 0. The normalized spacial score (nSPS) is 25.1. The van der Waals surface area contributed by atoms with Gasteiger partial charge in [-0.3, -0.25) is 0 Å². The lowest BCUT2D eigenvalue weighted by Crippen LogP contribution is -2.37. The van der Waals surface area contributed by atoms with Gasteiger partial charge in [-0.1, -0.05) is 29.3 Å². The van der Waals surface area contributed by atoms with Gasteiger partial charge in [0.2, 0.25) is 0 Å². The number of alkyl halides is 1. The van der Waals surface area contributed by atoms with Gasteiger partial charge in [-0.2, -0.15) is 0 Å². The molecule has 0 saturated heterocycles. The third-order valence-electron chi connectivity index (χ3n) is 3.99. The Morgan fingerprint density at radius 3 is 2.43 bits per heavy atom. The molecule has 0 N–H and O–H groups in total. The molecule has 2 aliphatic rings. The fourth-order valence-corrected chi connectivity index (χ4v) is 3.07. The molecule has 2 fully saturated rings. The number of hydrogen-bond donors (Lipinski definition) is 0. The highest BCUT2D eigenvalue weighted by Crippen LogP contribution is 2.47. The highest BCUT2D eigenvalue weighted by molar-refractivity contribution is 9.09. The molecule has 0 spiro atoms. The van der Waals surface area contributed by atoms with Crippen LogP contribution in [0.3, 0.4) is 0 Å². The molecular formula is C12H22BrN. The molecule has 0 atom stereocenters. The Bertz CT molecular complexity index is 185. The summed E-state index contributed by atoms with van der Waals surface area (Å²) >= 11 is 3.66. The minimum atomic E-state index is 0.666. The van der Waals surface area contributed by atoms with Crippen LogP contribution in [0.15, 0.2) is 0 Å². The minimum Gasteiger partial charge on any atom is -0.303 e. The van der Waals surface area contributed by atoms with Crippen LogP contribution >= 0.6 is 15.9 Å². The van der Waals surface area contributed by atoms with Gasteiger partial charge in [-0.15, -0.1) is 0 Å². The zero-order valence-electron chi connectivity index (χ0n) is 9.27. The topological polar surface area (TPSA) is 3.24 Å². The van der Waals surface area contributed by atoms with Crippen LogP contribution in [0, 0.1) is 11.3 Å². The van der Waals surface area contributed by atoms with Crippen LogP contribution in [0.5, 0.6) is 0 Å². The predicted octanol–water partition coefficient (Wildman–Crippen LogP) is 3.28. The van der Waals surface area contributed by atoms with Gasteiger partial charge < -0.3 is 4.90 Å². The van der Waals surface area contributed by atoms with E-state index in [2.05, 4.69) is 27.8 Å². The van der Waals surface area contributed by atoms with Crippen LogP contribution in [0.25, 0.3) is 0 Å². The molecule has 0 bridgehead atoms. The Morgan fingerprint density at radius 1 is 1.36 bits per heavy atom. The van der Waals surface area contributed by atoms with Crippen LogP contribution in [0.1, 0.15) is 39.0 Å². The summed E-state index contributed by atoms with van der Waals surface area (Å²) < 4.78 is 0. The summed E-state index contributed by atoms with van der Waals surface area (Å²) in [6, 6.07) is 0. The van der Waals surface area contributed by atoms with Crippen molar-refractivity contribution < 1.29 is 0 Å². The lowest BCUT2D eigenvalue weighted by Gasteiger charge is -2.33. The van der Waals surface area contributed by atoms with E-state index in [-0.39, 0.29) is 0 Å². The summed E-state index contributed by atoms with van der Waals surface area (Å²) in [6.45, 7) is 6.25. The van der Waals surface area contributed by atoms with Crippen molar-refractivity contribution in [3.05, 3.63) is 0 Å². The first-order valence-electron chi connectivity index (χ1n) is 6.06. The number of rotatable bonds is 6. The summed E-state index contributed by atoms with van der Waals surface area (Å²) in [5, 5.41) is 1.21. The van der Waals surface area contributed by atoms with Crippen LogP contribution in [0.2, 0.25) is 0 Å². The van der Waals surface area contributed by atoms with Crippen molar-refractivity contribution >= 4 is 15.9 Å². The third kappa shape index (κ3) is 2.52. The Hall–Kier alpha value is 0.440. The van der Waals surface area contributed by atoms with Gasteiger partial charge in [0.05, 0.1) is 0 Å². The maximum absolute atomic E-state index is 3.66. The molecule has 82 valence electrons. The first-order chi connectivity index (χ1) is 6.78. The Balaban J connectivity index is 1.74. The summed E-state index contributed by atoms with van der Waals surface area (Å²) in [5.41, 5.74) is 0.666. The molecule has 0 aromatic carbocycles. The zero-order chi connectivity index (χ0) is 10.0. The van der Waals surface area contributed by atoms with Gasteiger partial charge in [0.25, 0.3) is 0 Å². The molecule has 0 aliphatic heterocycles. The fraction of sp³-hybridized carbons (Fsp3) is 1.00. The molecule has 0 aromatic rings. The van der Waals surface area contributed by atoms with Gasteiger partial charge in [0, 0.05) is 18.4 Å². The van der Waals surface area contributed by atoms with Gasteiger partial charge in [-0.25, -0.2) is 0 Å². The summed E-state index contributed by atoms with van der Waals surface area (Å²) in [6.07, 6.45) is 7.33. The Labute approximate surface area is 96.4 Å². The van der Waals surface area contributed by atoms with E-state index in [1.165, 1.54) is 57.1 Å². The van der Waals surface area contributed by atoms with E-state index >= 15 is 0 Å². The quantitative estimate of drug-likeness (QED) is 0.662. The molecule has 0 amide bonds. The number of halogens is 1. The van der Waals surface area contributed by atoms with E-state index in [4.69, 9.17) is 0 Å². The van der Waals surface area contributed by atoms with Crippen molar-refractivity contribution in [1.29, 1.82) is 0 Å². The minimum absolute atomic E-state index is 0.666. The zero-order valence-corrected chi connectivity index (χ0v) is 10.9. The molecule has 14 heavy (non-hydrogen) atoms. The van der Waals surface area contributed by atoms with Crippen molar-refractivity contribution in [2.24, 2.45) is 11.3 Å². The average molecular weight is 260 g/mol. The fourth-order valence-electron chi connectivity index (χ4n) is 2.33. The van der Waals surface area contributed by atoms with Gasteiger partial charge in [-0.05, 0) is 43.6 Å². The van der Waals surface area contributed by atoms with E-state index in [0.29, 0.717) is 5.41 Å². The second-order valence-corrected chi connectivity index (χ2v) is 5.82. The van der Waals surface area contributed by atoms with E-state index in [9.17, 15) is 0 Å². The third-order valence-corrected chi connectivity index (χ3v) is 5.18. The molecule has 0 aromatic heterocycles. The van der Waals surface area contributed by atoms with Gasteiger partial charge >= 0.3 is 0 Å². The monoisotopic (exact) mass is 259 g/mol. The summed E-state index contributed by atoms with van der Waals surface area (Å²) in [4.78, 5) is 2.68. The second-order valence-electron chi connectivity index (χ2n) is 5.26. The number of nitrogens with zero attached hydrogens (tertiary/aromatic N) is 1. The van der Waals surface area contributed by atoms with Crippen LogP contribution in [-0.4, -0.2) is 29.9 Å². The van der Waals surface area contributed by atoms with Crippen molar-refractivity contribution in [2.45, 2.75) is 39.0 Å². The maximum Gasteiger partial charge on any atom is 0.0100 e. The van der Waals surface area contributed by atoms with Crippen LogP contribution in [-0.2, 0) is 0 Å². The molecule has 0 heterocycles. The van der Waals surface area contributed by atoms with Crippen molar-refractivity contribution in [3.8, 4) is 0 Å². The van der Waals surface area contributed by atoms with E-state index in [0.717, 1.165) is 5.92 Å². The molecule has 0 radical (unpaired) electrons. The Kier molecular flexibility index (Phi) is 3.54. The van der Waals surface area contributed by atoms with Crippen molar-refractivity contribution in [2.75, 3.05) is 25.0 Å².